The average Bonchev–Trinajstić information content (AvgIpc) is 2.26. The van der Waals surface area contributed by atoms with E-state index < -0.39 is 44.3 Å². The molecular weight excluding hydrogens is 222 g/mol. The van der Waals surface area contributed by atoms with E-state index in [0.717, 1.165) is 0 Å². The van der Waals surface area contributed by atoms with Crippen molar-refractivity contribution in [2.75, 3.05) is 0 Å². The third kappa shape index (κ3) is 1.92. The van der Waals surface area contributed by atoms with Crippen molar-refractivity contribution < 1.29 is 16.1 Å². The van der Waals surface area contributed by atoms with Crippen molar-refractivity contribution in [3.8, 4) is 0 Å². The highest BCUT2D eigenvalue weighted by Gasteiger charge is 2.27. The Morgan fingerprint density at radius 1 is 1.00 bits per heavy atom. The largest absolute Gasteiger partial charge is 0.286 e. The highest BCUT2D eigenvalue weighted by atomic mass is 16.6. The van der Waals surface area contributed by atoms with Crippen LogP contribution in [0.25, 0.3) is 0 Å². The van der Waals surface area contributed by atoms with Gasteiger partial charge in [-0.25, -0.2) is 0 Å². The summed E-state index contributed by atoms with van der Waals surface area (Å²) in [4.78, 5) is 28.7. The van der Waals surface area contributed by atoms with E-state index in [0.29, 0.717) is 12.1 Å². The Labute approximate surface area is 89.2 Å². The predicted octanol–water partition coefficient (Wildman–Crippen LogP) is 1.72. The maximum Gasteiger partial charge on any atom is 0.286 e. The second-order valence-electron chi connectivity index (χ2n) is 2.73. The van der Waals surface area contributed by atoms with Crippen LogP contribution in [0.15, 0.2) is 12.1 Å². The van der Waals surface area contributed by atoms with Crippen LogP contribution in [0.4, 0.5) is 17.1 Å². The molecule has 0 atom stereocenters. The Balaban J connectivity index is 3.63. The number of benzene rings is 1. The topological polar surface area (TPSA) is 129 Å². The van der Waals surface area contributed by atoms with Gasteiger partial charge in [-0.1, -0.05) is 0 Å². The van der Waals surface area contributed by atoms with E-state index in [1.54, 1.807) is 0 Å². The molecule has 1 aromatic carbocycles. The number of nitrogens with zero attached hydrogens (tertiary/aromatic N) is 3. The summed E-state index contributed by atoms with van der Waals surface area (Å²) in [5.41, 5.74) is -2.78. The fourth-order valence-electron chi connectivity index (χ4n) is 1.06. The molecule has 16 heavy (non-hydrogen) atoms. The van der Waals surface area contributed by atoms with Crippen molar-refractivity contribution >= 4 is 17.1 Å². The molecule has 0 radical (unpaired) electrons. The van der Waals surface area contributed by atoms with Gasteiger partial charge in [-0.15, -0.1) is 0 Å². The minimum Gasteiger partial charge on any atom is -0.258 e. The molecule has 0 bridgehead atoms. The number of nitro groups is 3. The van der Waals surface area contributed by atoms with Crippen LogP contribution < -0.4 is 0 Å². The summed E-state index contributed by atoms with van der Waals surface area (Å²) in [6.45, 7) is -0.704. The first-order chi connectivity index (χ1) is 7.88. The van der Waals surface area contributed by atoms with E-state index in [1.807, 2.05) is 0 Å². The molecule has 0 heterocycles. The fraction of sp³-hybridized carbons (Fsp3) is 0.143. The normalized spacial score (nSPS) is 10.6. The van der Waals surface area contributed by atoms with Crippen LogP contribution in [-0.2, 0) is 0 Å². The van der Waals surface area contributed by atoms with Gasteiger partial charge in [0.2, 0.25) is 0 Å². The maximum atomic E-state index is 10.6. The minimum absolute atomic E-state index is 0.453. The average molecular weight is 228 g/mol. The highest BCUT2D eigenvalue weighted by Crippen LogP contribution is 2.32. The zero-order chi connectivity index (χ0) is 13.2. The summed E-state index contributed by atoms with van der Waals surface area (Å²) >= 11 is 0. The van der Waals surface area contributed by atoms with E-state index in [-0.39, 0.29) is 0 Å². The molecule has 9 nitrogen and oxygen atoms in total. The molecule has 1 rings (SSSR count). The van der Waals surface area contributed by atoms with Gasteiger partial charge < -0.3 is 0 Å². The second-order valence-corrected chi connectivity index (χ2v) is 2.73. The Morgan fingerprint density at radius 2 is 1.44 bits per heavy atom. The number of hydrogen-bond acceptors (Lipinski definition) is 6. The molecule has 0 aliphatic rings. The fourth-order valence-corrected chi connectivity index (χ4v) is 1.06. The van der Waals surface area contributed by atoms with Crippen LogP contribution in [0.3, 0.4) is 0 Å². The van der Waals surface area contributed by atoms with Gasteiger partial charge in [-0.3, -0.25) is 30.3 Å². The third-order valence-electron chi connectivity index (χ3n) is 1.79. The molecule has 0 aliphatic carbocycles. The zero-order valence-corrected chi connectivity index (χ0v) is 7.65. The summed E-state index contributed by atoms with van der Waals surface area (Å²) in [7, 11) is 0. The first-order valence-corrected chi connectivity index (χ1v) is 3.77. The Hall–Kier alpha value is -2.58. The maximum absolute atomic E-state index is 10.6. The lowest BCUT2D eigenvalue weighted by molar-refractivity contribution is -0.403. The Kier molecular flexibility index (Phi) is 2.42. The molecular formula is C7H5N3O6. The molecule has 0 fully saturated rings. The van der Waals surface area contributed by atoms with E-state index >= 15 is 0 Å². The molecule has 0 saturated carbocycles. The van der Waals surface area contributed by atoms with Gasteiger partial charge in [0.15, 0.2) is 0 Å². The van der Waals surface area contributed by atoms with Crippen LogP contribution in [0.5, 0.6) is 0 Å². The van der Waals surface area contributed by atoms with E-state index in [1.165, 1.54) is 0 Å². The molecule has 84 valence electrons. The summed E-state index contributed by atoms with van der Waals surface area (Å²) in [6, 6.07) is 1.22. The van der Waals surface area contributed by atoms with Crippen molar-refractivity contribution in [2.45, 2.75) is 6.90 Å². The summed E-state index contributed by atoms with van der Waals surface area (Å²) in [6.07, 6.45) is 0. The lowest BCUT2D eigenvalue weighted by Crippen LogP contribution is -2.00. The van der Waals surface area contributed by atoms with Gasteiger partial charge in [-0.05, 0) is 6.90 Å². The highest BCUT2D eigenvalue weighted by molar-refractivity contribution is 5.59. The van der Waals surface area contributed by atoms with Crippen LogP contribution in [-0.4, -0.2) is 14.8 Å². The zero-order valence-electron chi connectivity index (χ0n) is 8.65. The van der Waals surface area contributed by atoms with Gasteiger partial charge in [0, 0.05) is 1.37 Å². The standard InChI is InChI=1S/C7H5N3O6/c1-4-6(9(13)14)2-5(8(11)12)3-7(4)10(15)16/h2-3H,1H3/i1D. The first kappa shape index (κ1) is 9.96. The van der Waals surface area contributed by atoms with Gasteiger partial charge >= 0.3 is 0 Å². The monoisotopic (exact) mass is 228 g/mol. The van der Waals surface area contributed by atoms with Crippen molar-refractivity contribution in [2.24, 2.45) is 0 Å². The van der Waals surface area contributed by atoms with Crippen LogP contribution >= 0.6 is 0 Å². The number of nitro benzene ring substituents is 3. The Morgan fingerprint density at radius 3 is 1.69 bits per heavy atom. The predicted molar refractivity (Wildman–Crippen MR) is 51.1 cm³/mol. The van der Waals surface area contributed by atoms with Crippen molar-refractivity contribution in [3.05, 3.63) is 48.0 Å². The van der Waals surface area contributed by atoms with Crippen LogP contribution in [0, 0.1) is 37.2 Å². The first-order valence-electron chi connectivity index (χ1n) is 4.48. The Bertz CT molecular complexity index is 481. The smallest absolute Gasteiger partial charge is 0.258 e. The third-order valence-corrected chi connectivity index (χ3v) is 1.79. The van der Waals surface area contributed by atoms with Crippen molar-refractivity contribution in [1.82, 2.24) is 0 Å². The van der Waals surface area contributed by atoms with Gasteiger partial charge in [0.05, 0.1) is 26.9 Å². The lowest BCUT2D eigenvalue weighted by atomic mass is 10.1. The molecule has 0 aromatic heterocycles. The van der Waals surface area contributed by atoms with E-state index in [9.17, 15) is 30.3 Å². The summed E-state index contributed by atoms with van der Waals surface area (Å²) in [5.74, 6) is 0. The molecule has 0 saturated heterocycles. The molecule has 9 heteroatoms. The van der Waals surface area contributed by atoms with Crippen LogP contribution in [0.2, 0.25) is 0 Å². The second kappa shape index (κ2) is 3.88. The van der Waals surface area contributed by atoms with Gasteiger partial charge in [0.1, 0.15) is 5.56 Å². The number of hydrogen-bond donors (Lipinski definition) is 0. The lowest BCUT2D eigenvalue weighted by Gasteiger charge is -1.99. The van der Waals surface area contributed by atoms with Crippen molar-refractivity contribution in [1.29, 1.82) is 0 Å². The van der Waals surface area contributed by atoms with Gasteiger partial charge in [-0.2, -0.15) is 0 Å². The van der Waals surface area contributed by atoms with E-state index in [4.69, 9.17) is 1.37 Å². The van der Waals surface area contributed by atoms with E-state index in [2.05, 4.69) is 0 Å². The molecule has 0 spiro atoms. The van der Waals surface area contributed by atoms with Gasteiger partial charge in [0.25, 0.3) is 17.1 Å². The molecule has 1 aromatic rings. The quantitative estimate of drug-likeness (QED) is 0.571. The molecule has 0 unspecified atom stereocenters. The summed E-state index contributed by atoms with van der Waals surface area (Å²) in [5, 5.41) is 31.7. The number of non-ortho nitro benzene ring substituents is 1. The van der Waals surface area contributed by atoms with Crippen LogP contribution in [0.1, 0.15) is 6.93 Å². The molecule has 0 N–H and O–H groups in total. The minimum atomic E-state index is -0.982. The molecule has 0 amide bonds. The number of rotatable bonds is 3. The molecule has 0 aliphatic heterocycles. The SMILES string of the molecule is [2H]Cc1c([N+](=O)[O-])cc([N+](=O)[O-])cc1[N+](=O)[O-]. The van der Waals surface area contributed by atoms with Crippen molar-refractivity contribution in [3.63, 3.8) is 0 Å². The summed E-state index contributed by atoms with van der Waals surface area (Å²) < 4.78 is 7.01.